The summed E-state index contributed by atoms with van der Waals surface area (Å²) in [7, 11) is 1.47. The Kier molecular flexibility index (Phi) is 2.28. The SMILES string of the molecule is CNC(=O)N1C[C@H](O)[C@@H](F)C1. The molecule has 0 radical (unpaired) electrons. The third-order valence-electron chi connectivity index (χ3n) is 1.72. The van der Waals surface area contributed by atoms with Crippen LogP contribution in [0.3, 0.4) is 0 Å². The number of hydrogen-bond acceptors (Lipinski definition) is 2. The molecule has 1 saturated heterocycles. The molecule has 1 heterocycles. The fraction of sp³-hybridized carbons (Fsp3) is 0.833. The molecule has 1 aliphatic rings. The first-order chi connectivity index (χ1) is 5.15. The number of likely N-dealkylation sites (tertiary alicyclic amines) is 1. The average Bonchev–Trinajstić information content (AvgIpc) is 2.31. The van der Waals surface area contributed by atoms with Gasteiger partial charge in [0.1, 0.15) is 12.3 Å². The maximum atomic E-state index is 12.6. The number of aliphatic hydroxyl groups excluding tert-OH is 1. The fourth-order valence-electron chi connectivity index (χ4n) is 1.07. The van der Waals surface area contributed by atoms with E-state index in [1.807, 2.05) is 0 Å². The van der Waals surface area contributed by atoms with Crippen molar-refractivity contribution in [2.24, 2.45) is 0 Å². The molecule has 64 valence electrons. The highest BCUT2D eigenvalue weighted by atomic mass is 19.1. The van der Waals surface area contributed by atoms with Crippen LogP contribution >= 0.6 is 0 Å². The molecule has 0 aromatic carbocycles. The Morgan fingerprint density at radius 2 is 2.36 bits per heavy atom. The van der Waals surface area contributed by atoms with Gasteiger partial charge in [-0.2, -0.15) is 0 Å². The van der Waals surface area contributed by atoms with E-state index in [4.69, 9.17) is 5.11 Å². The summed E-state index contributed by atoms with van der Waals surface area (Å²) in [6.45, 7) is 0.0711. The van der Waals surface area contributed by atoms with Gasteiger partial charge in [0.25, 0.3) is 0 Å². The number of carbonyl (C=O) groups excluding carboxylic acids is 1. The summed E-state index contributed by atoms with van der Waals surface area (Å²) >= 11 is 0. The van der Waals surface area contributed by atoms with Gasteiger partial charge in [0, 0.05) is 7.05 Å². The van der Waals surface area contributed by atoms with Gasteiger partial charge in [-0.1, -0.05) is 0 Å². The minimum Gasteiger partial charge on any atom is -0.388 e. The molecular formula is C6H11FN2O2. The molecule has 1 rings (SSSR count). The zero-order chi connectivity index (χ0) is 8.43. The van der Waals surface area contributed by atoms with Gasteiger partial charge in [0.15, 0.2) is 0 Å². The number of hydrogen-bond donors (Lipinski definition) is 2. The number of β-amino-alcohol motifs (C(OH)–C–C–N with tert-alkyl or cyclic N) is 1. The Labute approximate surface area is 64.0 Å². The second-order valence-corrected chi connectivity index (χ2v) is 2.54. The van der Waals surface area contributed by atoms with Gasteiger partial charge in [-0.15, -0.1) is 0 Å². The molecule has 5 heteroatoms. The van der Waals surface area contributed by atoms with Crippen molar-refractivity contribution in [2.75, 3.05) is 20.1 Å². The van der Waals surface area contributed by atoms with Crippen molar-refractivity contribution >= 4 is 6.03 Å². The zero-order valence-corrected chi connectivity index (χ0v) is 6.25. The van der Waals surface area contributed by atoms with Crippen LogP contribution in [0.1, 0.15) is 0 Å². The van der Waals surface area contributed by atoms with Crippen LogP contribution in [-0.2, 0) is 0 Å². The minimum absolute atomic E-state index is 0.0131. The van der Waals surface area contributed by atoms with Gasteiger partial charge in [0.05, 0.1) is 13.1 Å². The van der Waals surface area contributed by atoms with Crippen LogP contribution in [0.2, 0.25) is 0 Å². The number of urea groups is 1. The van der Waals surface area contributed by atoms with Crippen molar-refractivity contribution in [1.29, 1.82) is 0 Å². The highest BCUT2D eigenvalue weighted by molar-refractivity contribution is 5.74. The summed E-state index contributed by atoms with van der Waals surface area (Å²) in [4.78, 5) is 12.1. The Hall–Kier alpha value is -0.840. The molecule has 0 aromatic rings. The van der Waals surface area contributed by atoms with Crippen molar-refractivity contribution in [3.8, 4) is 0 Å². The lowest BCUT2D eigenvalue weighted by Gasteiger charge is -2.13. The highest BCUT2D eigenvalue weighted by Gasteiger charge is 2.33. The van der Waals surface area contributed by atoms with E-state index in [1.165, 1.54) is 11.9 Å². The molecule has 1 aliphatic heterocycles. The second kappa shape index (κ2) is 3.04. The standard InChI is InChI=1S/C6H11FN2O2/c1-8-6(11)9-2-4(7)5(10)3-9/h4-5,10H,2-3H2,1H3,(H,8,11)/t4-,5-/m0/s1. The quantitative estimate of drug-likeness (QED) is 0.497. The number of amides is 2. The molecule has 0 spiro atoms. The van der Waals surface area contributed by atoms with Crippen LogP contribution in [0.4, 0.5) is 9.18 Å². The van der Waals surface area contributed by atoms with E-state index in [2.05, 4.69) is 5.32 Å². The van der Waals surface area contributed by atoms with Crippen LogP contribution in [0, 0.1) is 0 Å². The average molecular weight is 162 g/mol. The fourth-order valence-corrected chi connectivity index (χ4v) is 1.07. The Bertz CT molecular complexity index is 155. The van der Waals surface area contributed by atoms with Gasteiger partial charge in [-0.25, -0.2) is 9.18 Å². The predicted octanol–water partition coefficient (Wildman–Crippen LogP) is -0.660. The summed E-state index contributed by atoms with van der Waals surface area (Å²) < 4.78 is 12.6. The number of carbonyl (C=O) groups is 1. The van der Waals surface area contributed by atoms with Crippen LogP contribution in [0.25, 0.3) is 0 Å². The van der Waals surface area contributed by atoms with Gasteiger partial charge < -0.3 is 15.3 Å². The molecule has 2 atom stereocenters. The monoisotopic (exact) mass is 162 g/mol. The number of alkyl halides is 1. The lowest BCUT2D eigenvalue weighted by molar-refractivity contribution is 0.116. The van der Waals surface area contributed by atoms with Gasteiger partial charge in [-0.3, -0.25) is 0 Å². The normalized spacial score (nSPS) is 30.6. The van der Waals surface area contributed by atoms with Gasteiger partial charge >= 0.3 is 6.03 Å². The van der Waals surface area contributed by atoms with Gasteiger partial charge in [0.2, 0.25) is 0 Å². The summed E-state index contributed by atoms with van der Waals surface area (Å²) in [6.07, 6.45) is -2.32. The van der Waals surface area contributed by atoms with Crippen molar-refractivity contribution in [3.63, 3.8) is 0 Å². The molecule has 0 aliphatic carbocycles. The highest BCUT2D eigenvalue weighted by Crippen LogP contribution is 2.12. The van der Waals surface area contributed by atoms with E-state index in [0.29, 0.717) is 0 Å². The molecule has 0 bridgehead atoms. The molecule has 2 N–H and O–H groups in total. The predicted molar refractivity (Wildman–Crippen MR) is 36.9 cm³/mol. The largest absolute Gasteiger partial charge is 0.388 e. The maximum Gasteiger partial charge on any atom is 0.317 e. The number of halogens is 1. The van der Waals surface area contributed by atoms with Crippen molar-refractivity contribution < 1.29 is 14.3 Å². The van der Waals surface area contributed by atoms with Crippen LogP contribution in [0.5, 0.6) is 0 Å². The van der Waals surface area contributed by atoms with Crippen molar-refractivity contribution in [2.45, 2.75) is 12.3 Å². The third-order valence-corrected chi connectivity index (χ3v) is 1.72. The molecular weight excluding hydrogens is 151 g/mol. The number of rotatable bonds is 0. The first kappa shape index (κ1) is 8.26. The smallest absolute Gasteiger partial charge is 0.317 e. The summed E-state index contributed by atoms with van der Waals surface area (Å²) in [6, 6.07) is -0.343. The van der Waals surface area contributed by atoms with Crippen molar-refractivity contribution in [3.05, 3.63) is 0 Å². The molecule has 0 unspecified atom stereocenters. The summed E-state index contributed by atoms with van der Waals surface area (Å²) in [5.74, 6) is 0. The molecule has 4 nitrogen and oxygen atoms in total. The second-order valence-electron chi connectivity index (χ2n) is 2.54. The summed E-state index contributed by atoms with van der Waals surface area (Å²) in [5.41, 5.74) is 0. The summed E-state index contributed by atoms with van der Waals surface area (Å²) in [5, 5.41) is 11.3. The molecule has 0 aromatic heterocycles. The van der Waals surface area contributed by atoms with Gasteiger partial charge in [-0.05, 0) is 0 Å². The Morgan fingerprint density at radius 3 is 2.73 bits per heavy atom. The number of nitrogens with zero attached hydrogens (tertiary/aromatic N) is 1. The number of aliphatic hydroxyl groups is 1. The van der Waals surface area contributed by atoms with E-state index < -0.39 is 12.3 Å². The molecule has 0 saturated carbocycles. The van der Waals surface area contributed by atoms with E-state index in [0.717, 1.165) is 0 Å². The lowest BCUT2D eigenvalue weighted by Crippen LogP contribution is -2.36. The zero-order valence-electron chi connectivity index (χ0n) is 6.25. The minimum atomic E-state index is -1.30. The van der Waals surface area contributed by atoms with E-state index in [9.17, 15) is 9.18 Å². The third kappa shape index (κ3) is 1.59. The Morgan fingerprint density at radius 1 is 1.73 bits per heavy atom. The first-order valence-electron chi connectivity index (χ1n) is 3.44. The topological polar surface area (TPSA) is 52.6 Å². The van der Waals surface area contributed by atoms with E-state index in [-0.39, 0.29) is 19.1 Å². The van der Waals surface area contributed by atoms with Crippen molar-refractivity contribution in [1.82, 2.24) is 10.2 Å². The van der Waals surface area contributed by atoms with Crippen LogP contribution < -0.4 is 5.32 Å². The number of nitrogens with one attached hydrogen (secondary N) is 1. The lowest BCUT2D eigenvalue weighted by atomic mass is 10.3. The maximum absolute atomic E-state index is 12.6. The molecule has 1 fully saturated rings. The molecule has 11 heavy (non-hydrogen) atoms. The van der Waals surface area contributed by atoms with Crippen LogP contribution in [-0.4, -0.2) is 48.5 Å². The first-order valence-corrected chi connectivity index (χ1v) is 3.44. The van der Waals surface area contributed by atoms with E-state index in [1.54, 1.807) is 0 Å². The van der Waals surface area contributed by atoms with E-state index >= 15 is 0 Å². The Balaban J connectivity index is 2.46. The molecule has 2 amide bonds. The van der Waals surface area contributed by atoms with Crippen LogP contribution in [0.15, 0.2) is 0 Å².